The Morgan fingerprint density at radius 2 is 2.15 bits per heavy atom. The number of nitrogens with one attached hydrogen (secondary N) is 1. The zero-order valence-electron chi connectivity index (χ0n) is 11.8. The molecule has 110 valence electrons. The third-order valence-corrected chi connectivity index (χ3v) is 2.86. The normalized spacial score (nSPS) is 11.9. The number of amides is 1. The number of carbonyl (C=O) groups is 1. The number of halogens is 1. The number of para-hydroxylation sites is 2. The van der Waals surface area contributed by atoms with E-state index in [1.54, 1.807) is 0 Å². The highest BCUT2D eigenvalue weighted by molar-refractivity contribution is 5.91. The molecule has 0 spiro atoms. The van der Waals surface area contributed by atoms with Crippen molar-refractivity contribution in [1.82, 2.24) is 9.55 Å². The van der Waals surface area contributed by atoms with Crippen LogP contribution < -0.4 is 11.1 Å². The van der Waals surface area contributed by atoms with E-state index in [1.807, 2.05) is 35.8 Å². The molecule has 2 aromatic rings. The fourth-order valence-corrected chi connectivity index (χ4v) is 2.09. The summed E-state index contributed by atoms with van der Waals surface area (Å²) in [5.74, 6) is 0.511. The van der Waals surface area contributed by atoms with Gasteiger partial charge in [-0.3, -0.25) is 10.1 Å². The SMILES string of the molecule is CCCn1c(NC(=O)CC(C)N)nc2ccccc21.Cl. The van der Waals surface area contributed by atoms with E-state index in [-0.39, 0.29) is 24.4 Å². The van der Waals surface area contributed by atoms with Gasteiger partial charge in [0.05, 0.1) is 11.0 Å². The number of hydrogen-bond donors (Lipinski definition) is 2. The lowest BCUT2D eigenvalue weighted by atomic mass is 10.2. The van der Waals surface area contributed by atoms with Crippen molar-refractivity contribution in [3.8, 4) is 0 Å². The Hall–Kier alpha value is -1.59. The highest BCUT2D eigenvalue weighted by Crippen LogP contribution is 2.20. The molecular formula is C14H21ClN4O. The lowest BCUT2D eigenvalue weighted by Gasteiger charge is -2.09. The quantitative estimate of drug-likeness (QED) is 0.890. The summed E-state index contributed by atoms with van der Waals surface area (Å²) in [5.41, 5.74) is 7.57. The summed E-state index contributed by atoms with van der Waals surface area (Å²) >= 11 is 0. The molecule has 1 amide bonds. The zero-order valence-corrected chi connectivity index (χ0v) is 12.6. The van der Waals surface area contributed by atoms with Crippen LogP contribution in [-0.2, 0) is 11.3 Å². The van der Waals surface area contributed by atoms with Gasteiger partial charge < -0.3 is 10.3 Å². The van der Waals surface area contributed by atoms with Gasteiger partial charge in [-0.05, 0) is 25.5 Å². The Labute approximate surface area is 125 Å². The van der Waals surface area contributed by atoms with Crippen LogP contribution in [0.2, 0.25) is 0 Å². The van der Waals surface area contributed by atoms with Gasteiger partial charge in [0.2, 0.25) is 11.9 Å². The van der Waals surface area contributed by atoms with Crippen LogP contribution in [0.4, 0.5) is 5.95 Å². The van der Waals surface area contributed by atoms with Gasteiger partial charge >= 0.3 is 0 Å². The summed E-state index contributed by atoms with van der Waals surface area (Å²) in [7, 11) is 0. The molecule has 0 aliphatic rings. The number of carbonyl (C=O) groups excluding carboxylic acids is 1. The molecule has 0 saturated heterocycles. The number of nitrogens with two attached hydrogens (primary N) is 1. The van der Waals surface area contributed by atoms with Gasteiger partial charge in [-0.1, -0.05) is 19.1 Å². The minimum absolute atomic E-state index is 0. The van der Waals surface area contributed by atoms with E-state index in [1.165, 1.54) is 0 Å². The van der Waals surface area contributed by atoms with Crippen LogP contribution in [0.3, 0.4) is 0 Å². The van der Waals surface area contributed by atoms with E-state index in [4.69, 9.17) is 5.73 Å². The lowest BCUT2D eigenvalue weighted by Crippen LogP contribution is -2.25. The average Bonchev–Trinajstić information content (AvgIpc) is 2.67. The topological polar surface area (TPSA) is 72.9 Å². The van der Waals surface area contributed by atoms with Gasteiger partial charge in [-0.25, -0.2) is 4.98 Å². The Morgan fingerprint density at radius 1 is 1.45 bits per heavy atom. The average molecular weight is 297 g/mol. The summed E-state index contributed by atoms with van der Waals surface area (Å²) in [5, 5.41) is 2.85. The molecule has 1 aromatic heterocycles. The smallest absolute Gasteiger partial charge is 0.228 e. The van der Waals surface area contributed by atoms with Crippen molar-refractivity contribution < 1.29 is 4.79 Å². The maximum absolute atomic E-state index is 11.8. The predicted molar refractivity (Wildman–Crippen MR) is 84.2 cm³/mol. The number of fused-ring (bicyclic) bond motifs is 1. The molecule has 0 aliphatic carbocycles. The fraction of sp³-hybridized carbons (Fsp3) is 0.429. The minimum atomic E-state index is -0.149. The van der Waals surface area contributed by atoms with Gasteiger partial charge in [0, 0.05) is 19.0 Å². The monoisotopic (exact) mass is 296 g/mol. The number of nitrogens with zero attached hydrogens (tertiary/aromatic N) is 2. The molecule has 0 saturated carbocycles. The summed E-state index contributed by atoms with van der Waals surface area (Å²) in [6.07, 6.45) is 1.28. The van der Waals surface area contributed by atoms with Crippen molar-refractivity contribution in [2.75, 3.05) is 5.32 Å². The van der Waals surface area contributed by atoms with Crippen LogP contribution in [0.5, 0.6) is 0 Å². The number of anilines is 1. The van der Waals surface area contributed by atoms with Gasteiger partial charge in [-0.15, -0.1) is 12.4 Å². The van der Waals surface area contributed by atoms with Crippen LogP contribution in [0.25, 0.3) is 11.0 Å². The molecule has 0 aliphatic heterocycles. The first-order chi connectivity index (χ1) is 9.11. The lowest BCUT2D eigenvalue weighted by molar-refractivity contribution is -0.116. The molecule has 0 bridgehead atoms. The zero-order chi connectivity index (χ0) is 13.8. The predicted octanol–water partition coefficient (Wildman–Crippen LogP) is 2.54. The number of imidazole rings is 1. The number of aryl methyl sites for hydroxylation is 1. The summed E-state index contributed by atoms with van der Waals surface area (Å²) in [6, 6.07) is 7.73. The first-order valence-corrected chi connectivity index (χ1v) is 6.62. The van der Waals surface area contributed by atoms with Crippen molar-refractivity contribution in [1.29, 1.82) is 0 Å². The Morgan fingerprint density at radius 3 is 2.80 bits per heavy atom. The molecule has 0 fully saturated rings. The van der Waals surface area contributed by atoms with Crippen LogP contribution in [0, 0.1) is 0 Å². The molecule has 6 heteroatoms. The molecule has 0 radical (unpaired) electrons. The van der Waals surface area contributed by atoms with Gasteiger partial charge in [0.25, 0.3) is 0 Å². The third kappa shape index (κ3) is 3.71. The Bertz CT molecular complexity index is 580. The highest BCUT2D eigenvalue weighted by Gasteiger charge is 2.13. The fourth-order valence-electron chi connectivity index (χ4n) is 2.09. The van der Waals surface area contributed by atoms with Crippen molar-refractivity contribution in [3.63, 3.8) is 0 Å². The van der Waals surface area contributed by atoms with E-state index in [2.05, 4.69) is 17.2 Å². The van der Waals surface area contributed by atoms with E-state index < -0.39 is 0 Å². The van der Waals surface area contributed by atoms with E-state index in [0.29, 0.717) is 12.4 Å². The van der Waals surface area contributed by atoms with Crippen LogP contribution in [-0.4, -0.2) is 21.5 Å². The van der Waals surface area contributed by atoms with Crippen molar-refractivity contribution in [3.05, 3.63) is 24.3 Å². The number of benzene rings is 1. The first-order valence-electron chi connectivity index (χ1n) is 6.62. The molecule has 1 atom stereocenters. The molecule has 1 unspecified atom stereocenters. The van der Waals surface area contributed by atoms with Gasteiger partial charge in [0.1, 0.15) is 0 Å². The standard InChI is InChI=1S/C14H20N4O.ClH/c1-3-8-18-12-7-5-4-6-11(12)16-14(18)17-13(19)9-10(2)15;/h4-7,10H,3,8-9,15H2,1-2H3,(H,16,17,19);1H. The third-order valence-electron chi connectivity index (χ3n) is 2.86. The molecule has 3 N–H and O–H groups in total. The maximum atomic E-state index is 11.8. The molecule has 2 rings (SSSR count). The number of aromatic nitrogens is 2. The van der Waals surface area contributed by atoms with Crippen molar-refractivity contribution in [2.24, 2.45) is 5.73 Å². The number of rotatable bonds is 5. The Balaban J connectivity index is 0.00000200. The molecule has 1 heterocycles. The highest BCUT2D eigenvalue weighted by atomic mass is 35.5. The summed E-state index contributed by atoms with van der Waals surface area (Å²) in [6.45, 7) is 4.74. The maximum Gasteiger partial charge on any atom is 0.228 e. The molecule has 1 aromatic carbocycles. The van der Waals surface area contributed by atoms with Gasteiger partial charge in [0.15, 0.2) is 0 Å². The Kier molecular flexibility index (Phi) is 5.98. The van der Waals surface area contributed by atoms with Crippen molar-refractivity contribution >= 4 is 35.3 Å². The van der Waals surface area contributed by atoms with Gasteiger partial charge in [-0.2, -0.15) is 0 Å². The summed E-state index contributed by atoms with van der Waals surface area (Å²) < 4.78 is 2.04. The second-order valence-corrected chi connectivity index (χ2v) is 4.81. The minimum Gasteiger partial charge on any atom is -0.327 e. The molecule has 20 heavy (non-hydrogen) atoms. The largest absolute Gasteiger partial charge is 0.327 e. The summed E-state index contributed by atoms with van der Waals surface area (Å²) in [4.78, 5) is 16.3. The molecule has 5 nitrogen and oxygen atoms in total. The first kappa shape index (κ1) is 16.5. The van der Waals surface area contributed by atoms with Crippen LogP contribution >= 0.6 is 12.4 Å². The molecular weight excluding hydrogens is 276 g/mol. The van der Waals surface area contributed by atoms with E-state index >= 15 is 0 Å². The van der Waals surface area contributed by atoms with E-state index in [9.17, 15) is 4.79 Å². The second kappa shape index (κ2) is 7.26. The second-order valence-electron chi connectivity index (χ2n) is 4.81. The van der Waals surface area contributed by atoms with Crippen molar-refractivity contribution in [2.45, 2.75) is 39.3 Å². The van der Waals surface area contributed by atoms with E-state index in [0.717, 1.165) is 24.0 Å². The number of hydrogen-bond acceptors (Lipinski definition) is 3. The van der Waals surface area contributed by atoms with Crippen LogP contribution in [0.15, 0.2) is 24.3 Å². The van der Waals surface area contributed by atoms with Crippen LogP contribution in [0.1, 0.15) is 26.7 Å².